The molecule has 126 valence electrons. The predicted molar refractivity (Wildman–Crippen MR) is 89.1 cm³/mol. The Morgan fingerprint density at radius 1 is 1.39 bits per heavy atom. The first-order chi connectivity index (χ1) is 10.8. The van der Waals surface area contributed by atoms with Crippen LogP contribution < -0.4 is 0 Å². The molecule has 0 spiro atoms. The van der Waals surface area contributed by atoms with Gasteiger partial charge in [-0.1, -0.05) is 0 Å². The first-order valence-corrected chi connectivity index (χ1v) is 9.75. The molecule has 3 heterocycles. The van der Waals surface area contributed by atoms with Crippen molar-refractivity contribution in [2.24, 2.45) is 13.0 Å². The first kappa shape index (κ1) is 16.6. The van der Waals surface area contributed by atoms with Gasteiger partial charge in [-0.15, -0.1) is 11.3 Å². The quantitative estimate of drug-likeness (QED) is 0.902. The van der Waals surface area contributed by atoms with Crippen LogP contribution in [-0.4, -0.2) is 47.3 Å². The van der Waals surface area contributed by atoms with Gasteiger partial charge >= 0.3 is 0 Å². The van der Waals surface area contributed by atoms with Gasteiger partial charge < -0.3 is 5.11 Å². The number of aliphatic hydroxyl groups is 1. The van der Waals surface area contributed by atoms with E-state index in [-0.39, 0.29) is 18.4 Å². The molecule has 0 aromatic carbocycles. The Labute approximate surface area is 140 Å². The predicted octanol–water partition coefficient (Wildman–Crippen LogP) is 1.50. The van der Waals surface area contributed by atoms with E-state index >= 15 is 0 Å². The van der Waals surface area contributed by atoms with Gasteiger partial charge in [0.15, 0.2) is 0 Å². The van der Waals surface area contributed by atoms with Crippen molar-refractivity contribution in [1.29, 1.82) is 0 Å². The number of rotatable bonds is 4. The highest BCUT2D eigenvalue weighted by Gasteiger charge is 2.40. The lowest BCUT2D eigenvalue weighted by molar-refractivity contribution is 0.223. The van der Waals surface area contributed by atoms with Gasteiger partial charge in [0.2, 0.25) is 0 Å². The average molecular weight is 355 g/mol. The number of aromatic nitrogens is 2. The van der Waals surface area contributed by atoms with E-state index in [1.165, 1.54) is 15.6 Å². The lowest BCUT2D eigenvalue weighted by Crippen LogP contribution is -2.28. The van der Waals surface area contributed by atoms with Crippen molar-refractivity contribution in [2.75, 3.05) is 19.7 Å². The number of thiophene rings is 1. The fourth-order valence-corrected chi connectivity index (χ4v) is 6.21. The molecule has 0 radical (unpaired) electrons. The van der Waals surface area contributed by atoms with E-state index in [9.17, 15) is 13.5 Å². The summed E-state index contributed by atoms with van der Waals surface area (Å²) in [6.07, 6.45) is 3.64. The zero-order chi connectivity index (χ0) is 16.8. The summed E-state index contributed by atoms with van der Waals surface area (Å²) in [6.45, 7) is 4.54. The normalized spacial score (nSPS) is 22.8. The lowest BCUT2D eigenvalue weighted by Gasteiger charge is -2.14. The van der Waals surface area contributed by atoms with Crippen molar-refractivity contribution in [3.8, 4) is 0 Å². The summed E-state index contributed by atoms with van der Waals surface area (Å²) in [5.41, 5.74) is 1.97. The summed E-state index contributed by atoms with van der Waals surface area (Å²) in [5.74, 6) is -0.123. The standard InChI is InChI=1S/C15H21N3O3S2/c1-10-4-15(22-11(10)2)23(20,21)18-7-13(9-19)14(8-18)12-5-16-17(3)6-12/h4-6,13-14,19H,7-9H2,1-3H3/t13-,14-/m0/s1. The van der Waals surface area contributed by atoms with Crippen molar-refractivity contribution >= 4 is 21.4 Å². The van der Waals surface area contributed by atoms with Gasteiger partial charge in [-0.05, 0) is 31.0 Å². The molecule has 1 aliphatic heterocycles. The molecular weight excluding hydrogens is 334 g/mol. The molecule has 0 unspecified atom stereocenters. The number of sulfonamides is 1. The van der Waals surface area contributed by atoms with Crippen LogP contribution in [0.4, 0.5) is 0 Å². The van der Waals surface area contributed by atoms with E-state index < -0.39 is 10.0 Å². The highest BCUT2D eigenvalue weighted by molar-refractivity contribution is 7.91. The fourth-order valence-electron chi connectivity index (χ4n) is 3.02. The maximum absolute atomic E-state index is 12.9. The Morgan fingerprint density at radius 2 is 2.13 bits per heavy atom. The summed E-state index contributed by atoms with van der Waals surface area (Å²) >= 11 is 1.31. The molecule has 2 aromatic rings. The van der Waals surface area contributed by atoms with Crippen LogP contribution in [0.3, 0.4) is 0 Å². The number of hydrogen-bond donors (Lipinski definition) is 1. The van der Waals surface area contributed by atoms with Crippen LogP contribution in [0.2, 0.25) is 0 Å². The van der Waals surface area contributed by atoms with Crippen molar-refractivity contribution in [1.82, 2.24) is 14.1 Å². The number of nitrogens with zero attached hydrogens (tertiary/aromatic N) is 3. The lowest BCUT2D eigenvalue weighted by atomic mass is 9.92. The number of hydrogen-bond acceptors (Lipinski definition) is 5. The summed E-state index contributed by atoms with van der Waals surface area (Å²) in [6, 6.07) is 1.74. The van der Waals surface area contributed by atoms with Crippen LogP contribution in [0.5, 0.6) is 0 Å². The third kappa shape index (κ3) is 2.96. The molecule has 1 N–H and O–H groups in total. The van der Waals surface area contributed by atoms with Gasteiger partial charge in [0.05, 0.1) is 6.20 Å². The maximum atomic E-state index is 12.9. The molecule has 6 nitrogen and oxygen atoms in total. The molecule has 2 atom stereocenters. The van der Waals surface area contributed by atoms with Crippen LogP contribution in [0.25, 0.3) is 0 Å². The van der Waals surface area contributed by atoms with Crippen LogP contribution in [0, 0.1) is 19.8 Å². The molecule has 1 fully saturated rings. The van der Waals surface area contributed by atoms with Gasteiger partial charge in [0, 0.05) is 49.7 Å². The molecule has 3 rings (SSSR count). The second kappa shape index (κ2) is 6.01. The van der Waals surface area contributed by atoms with Crippen LogP contribution in [-0.2, 0) is 17.1 Å². The average Bonchev–Trinajstić information content (AvgIpc) is 3.18. The monoisotopic (exact) mass is 355 g/mol. The highest BCUT2D eigenvalue weighted by Crippen LogP contribution is 2.37. The summed E-state index contributed by atoms with van der Waals surface area (Å²) in [7, 11) is -1.67. The zero-order valence-corrected chi connectivity index (χ0v) is 15.1. The summed E-state index contributed by atoms with van der Waals surface area (Å²) in [5, 5.41) is 13.8. The van der Waals surface area contributed by atoms with Gasteiger partial charge in [-0.25, -0.2) is 8.42 Å². The van der Waals surface area contributed by atoms with E-state index in [2.05, 4.69) is 5.10 Å². The second-order valence-corrected chi connectivity index (χ2v) is 9.54. The third-order valence-electron chi connectivity index (χ3n) is 4.53. The minimum atomic E-state index is -3.50. The van der Waals surface area contributed by atoms with E-state index in [0.717, 1.165) is 16.0 Å². The molecule has 8 heteroatoms. The maximum Gasteiger partial charge on any atom is 0.252 e. The van der Waals surface area contributed by atoms with Crippen LogP contribution in [0.15, 0.2) is 22.7 Å². The first-order valence-electron chi connectivity index (χ1n) is 7.49. The van der Waals surface area contributed by atoms with E-state index in [1.54, 1.807) is 16.9 Å². The van der Waals surface area contributed by atoms with E-state index in [0.29, 0.717) is 17.3 Å². The van der Waals surface area contributed by atoms with Gasteiger partial charge in [-0.2, -0.15) is 9.40 Å². The van der Waals surface area contributed by atoms with Crippen molar-refractivity contribution < 1.29 is 13.5 Å². The molecule has 23 heavy (non-hydrogen) atoms. The Morgan fingerprint density at radius 3 is 2.65 bits per heavy atom. The van der Waals surface area contributed by atoms with E-state index in [1.807, 2.05) is 27.1 Å². The molecule has 2 aromatic heterocycles. The molecule has 0 bridgehead atoms. The molecule has 1 saturated heterocycles. The third-order valence-corrected chi connectivity index (χ3v) is 7.97. The Bertz CT molecular complexity index is 790. The SMILES string of the molecule is Cc1cc(S(=O)(=O)N2C[C@@H](CO)[C@H](c3cnn(C)c3)C2)sc1C. The smallest absolute Gasteiger partial charge is 0.252 e. The van der Waals surface area contributed by atoms with Crippen molar-refractivity contribution in [3.05, 3.63) is 34.5 Å². The van der Waals surface area contributed by atoms with Crippen LogP contribution in [0.1, 0.15) is 21.9 Å². The highest BCUT2D eigenvalue weighted by atomic mass is 32.2. The molecule has 0 aliphatic carbocycles. The van der Waals surface area contributed by atoms with Gasteiger partial charge in [-0.3, -0.25) is 4.68 Å². The fraction of sp³-hybridized carbons (Fsp3) is 0.533. The molecule has 1 aliphatic rings. The van der Waals surface area contributed by atoms with Crippen molar-refractivity contribution in [2.45, 2.75) is 24.0 Å². The second-order valence-electron chi connectivity index (χ2n) is 6.12. The minimum Gasteiger partial charge on any atom is -0.396 e. The summed E-state index contributed by atoms with van der Waals surface area (Å²) in [4.78, 5) is 1.02. The zero-order valence-electron chi connectivity index (χ0n) is 13.4. The number of aryl methyl sites for hydroxylation is 3. The Balaban J connectivity index is 1.89. The largest absolute Gasteiger partial charge is 0.396 e. The number of aliphatic hydroxyl groups excluding tert-OH is 1. The topological polar surface area (TPSA) is 75.4 Å². The minimum absolute atomic E-state index is 0.0226. The molecule has 0 saturated carbocycles. The van der Waals surface area contributed by atoms with Crippen LogP contribution >= 0.6 is 11.3 Å². The van der Waals surface area contributed by atoms with Gasteiger partial charge in [0.1, 0.15) is 4.21 Å². The van der Waals surface area contributed by atoms with Crippen molar-refractivity contribution in [3.63, 3.8) is 0 Å². The molecular formula is C15H21N3O3S2. The Kier molecular flexibility index (Phi) is 4.35. The molecule has 0 amide bonds. The summed E-state index contributed by atoms with van der Waals surface area (Å²) < 4.78 is 29.3. The van der Waals surface area contributed by atoms with E-state index in [4.69, 9.17) is 0 Å². The Hall–Kier alpha value is -1.22. The van der Waals surface area contributed by atoms with Gasteiger partial charge in [0.25, 0.3) is 10.0 Å².